The van der Waals surface area contributed by atoms with Gasteiger partial charge in [0.15, 0.2) is 0 Å². The van der Waals surface area contributed by atoms with Gasteiger partial charge in [0.25, 0.3) is 0 Å². The first-order valence-corrected chi connectivity index (χ1v) is 7.77. The first-order chi connectivity index (χ1) is 8.81. The second-order valence-corrected chi connectivity index (χ2v) is 7.93. The van der Waals surface area contributed by atoms with Crippen LogP contribution in [0.25, 0.3) is 0 Å². The van der Waals surface area contributed by atoms with E-state index in [-0.39, 0.29) is 5.60 Å². The fourth-order valence-corrected chi connectivity index (χ4v) is 4.39. The highest BCUT2D eigenvalue weighted by Gasteiger charge is 2.53. The lowest BCUT2D eigenvalue weighted by atomic mass is 9.81. The van der Waals surface area contributed by atoms with Crippen molar-refractivity contribution in [2.75, 3.05) is 0 Å². The highest BCUT2D eigenvalue weighted by molar-refractivity contribution is 9.10. The van der Waals surface area contributed by atoms with Crippen molar-refractivity contribution in [3.05, 3.63) is 28.2 Å². The maximum absolute atomic E-state index is 10.5. The molecule has 0 aromatic heterocycles. The van der Waals surface area contributed by atoms with Crippen LogP contribution in [0.2, 0.25) is 0 Å². The Morgan fingerprint density at radius 3 is 2.68 bits per heavy atom. The number of aliphatic hydroxyl groups excluding tert-OH is 1. The van der Waals surface area contributed by atoms with Gasteiger partial charge < -0.3 is 9.84 Å². The van der Waals surface area contributed by atoms with Crippen LogP contribution in [0.3, 0.4) is 0 Å². The van der Waals surface area contributed by atoms with E-state index in [9.17, 15) is 5.11 Å². The van der Waals surface area contributed by atoms with Gasteiger partial charge in [0.1, 0.15) is 11.4 Å². The van der Waals surface area contributed by atoms with Gasteiger partial charge in [-0.05, 0) is 36.3 Å². The summed E-state index contributed by atoms with van der Waals surface area (Å²) in [5.41, 5.74) is 1.02. The minimum absolute atomic E-state index is 0.198. The Hall–Kier alpha value is -0.540. The molecular weight excluding hydrogens is 304 g/mol. The zero-order valence-electron chi connectivity index (χ0n) is 11.7. The van der Waals surface area contributed by atoms with Gasteiger partial charge in [-0.15, -0.1) is 0 Å². The fourth-order valence-electron chi connectivity index (χ4n) is 4.05. The van der Waals surface area contributed by atoms with Gasteiger partial charge in [-0.25, -0.2) is 0 Å². The molecule has 3 unspecified atom stereocenters. The predicted molar refractivity (Wildman–Crippen MR) is 79.3 cm³/mol. The second kappa shape index (κ2) is 4.23. The Kier molecular flexibility index (Phi) is 2.99. The van der Waals surface area contributed by atoms with Crippen LogP contribution in [0.5, 0.6) is 5.75 Å². The summed E-state index contributed by atoms with van der Waals surface area (Å²) in [4.78, 5) is 0. The van der Waals surface area contributed by atoms with Gasteiger partial charge in [-0.1, -0.05) is 42.8 Å². The van der Waals surface area contributed by atoms with E-state index in [2.05, 4.69) is 36.7 Å². The zero-order chi connectivity index (χ0) is 13.8. The smallest absolute Gasteiger partial charge is 0.127 e. The second-order valence-electron chi connectivity index (χ2n) is 7.02. The molecule has 104 valence electrons. The van der Waals surface area contributed by atoms with Gasteiger partial charge in [-0.2, -0.15) is 0 Å². The van der Waals surface area contributed by atoms with Crippen LogP contribution in [0.1, 0.15) is 51.7 Å². The lowest BCUT2D eigenvalue weighted by Crippen LogP contribution is -2.43. The monoisotopic (exact) mass is 324 g/mol. The molecule has 0 bridgehead atoms. The third-order valence-electron chi connectivity index (χ3n) is 4.72. The highest BCUT2D eigenvalue weighted by atomic mass is 79.9. The van der Waals surface area contributed by atoms with E-state index in [0.29, 0.717) is 17.8 Å². The zero-order valence-corrected chi connectivity index (χ0v) is 13.3. The molecule has 19 heavy (non-hydrogen) atoms. The van der Waals surface area contributed by atoms with Crippen molar-refractivity contribution < 1.29 is 9.84 Å². The van der Waals surface area contributed by atoms with E-state index >= 15 is 0 Å². The van der Waals surface area contributed by atoms with Crippen LogP contribution >= 0.6 is 15.9 Å². The Balaban J connectivity index is 2.01. The number of aliphatic hydroxyl groups is 1. The van der Waals surface area contributed by atoms with Crippen LogP contribution in [-0.4, -0.2) is 10.7 Å². The van der Waals surface area contributed by atoms with E-state index in [0.717, 1.165) is 28.6 Å². The Labute approximate surface area is 123 Å². The van der Waals surface area contributed by atoms with Gasteiger partial charge in [0.05, 0.1) is 6.10 Å². The van der Waals surface area contributed by atoms with Gasteiger partial charge in [-0.3, -0.25) is 0 Å². The fraction of sp³-hybridized carbons (Fsp3) is 0.625. The Morgan fingerprint density at radius 1 is 1.32 bits per heavy atom. The molecule has 1 fully saturated rings. The Bertz CT molecular complexity index is 511. The molecule has 1 N–H and O–H groups in total. The minimum Gasteiger partial charge on any atom is -0.486 e. The molecule has 1 heterocycles. The number of rotatable bonds is 0. The summed E-state index contributed by atoms with van der Waals surface area (Å²) in [5.74, 6) is 1.32. The molecule has 3 rings (SSSR count). The van der Waals surface area contributed by atoms with Crippen LogP contribution in [0, 0.1) is 11.3 Å². The summed E-state index contributed by atoms with van der Waals surface area (Å²) in [5, 5.41) is 10.5. The number of fused-ring (bicyclic) bond motifs is 1. The van der Waals surface area contributed by atoms with Crippen molar-refractivity contribution in [3.63, 3.8) is 0 Å². The summed E-state index contributed by atoms with van der Waals surface area (Å²) in [7, 11) is 0. The molecule has 3 atom stereocenters. The molecule has 1 aromatic carbocycles. The van der Waals surface area contributed by atoms with Crippen LogP contribution in [0.15, 0.2) is 22.7 Å². The summed E-state index contributed by atoms with van der Waals surface area (Å²) < 4.78 is 7.39. The van der Waals surface area contributed by atoms with Crippen molar-refractivity contribution in [3.8, 4) is 5.75 Å². The highest BCUT2D eigenvalue weighted by Crippen LogP contribution is 2.55. The standard InChI is InChI=1S/C16H21BrO2/c1-10-7-15(2,3)9-16(10)8-13(18)12-5-4-11(17)6-14(12)19-16/h4-6,10,13,18H,7-9H2,1-3H3. The first kappa shape index (κ1) is 13.4. The number of benzene rings is 1. The summed E-state index contributed by atoms with van der Waals surface area (Å²) in [6.07, 6.45) is 2.48. The van der Waals surface area contributed by atoms with Gasteiger partial charge in [0.2, 0.25) is 0 Å². The molecule has 1 aromatic rings. The number of hydrogen-bond donors (Lipinski definition) is 1. The molecule has 1 spiro atoms. The molecule has 1 aliphatic carbocycles. The van der Waals surface area contributed by atoms with Crippen LogP contribution in [0.4, 0.5) is 0 Å². The lowest BCUT2D eigenvalue weighted by Gasteiger charge is -2.41. The van der Waals surface area contributed by atoms with Gasteiger partial charge >= 0.3 is 0 Å². The predicted octanol–water partition coefficient (Wildman–Crippen LogP) is 4.46. The largest absolute Gasteiger partial charge is 0.486 e. The molecule has 0 radical (unpaired) electrons. The summed E-state index contributed by atoms with van der Waals surface area (Å²) >= 11 is 3.48. The molecular formula is C16H21BrO2. The van der Waals surface area contributed by atoms with Crippen LogP contribution in [-0.2, 0) is 0 Å². The first-order valence-electron chi connectivity index (χ1n) is 6.98. The average Bonchev–Trinajstić information content (AvgIpc) is 2.46. The minimum atomic E-state index is -0.409. The maximum Gasteiger partial charge on any atom is 0.127 e. The van der Waals surface area contributed by atoms with Crippen molar-refractivity contribution >= 4 is 15.9 Å². The molecule has 1 aliphatic heterocycles. The van der Waals surface area contributed by atoms with Crippen molar-refractivity contribution in [2.45, 2.75) is 51.7 Å². The molecule has 0 amide bonds. The molecule has 2 aliphatic rings. The van der Waals surface area contributed by atoms with E-state index in [1.807, 2.05) is 18.2 Å². The van der Waals surface area contributed by atoms with E-state index in [4.69, 9.17) is 4.74 Å². The normalized spacial score (nSPS) is 36.1. The topological polar surface area (TPSA) is 29.5 Å². The van der Waals surface area contributed by atoms with E-state index in [1.54, 1.807) is 0 Å². The van der Waals surface area contributed by atoms with E-state index in [1.165, 1.54) is 0 Å². The van der Waals surface area contributed by atoms with Crippen LogP contribution < -0.4 is 4.74 Å². The van der Waals surface area contributed by atoms with Crippen molar-refractivity contribution in [2.24, 2.45) is 11.3 Å². The van der Waals surface area contributed by atoms with Crippen molar-refractivity contribution in [1.29, 1.82) is 0 Å². The maximum atomic E-state index is 10.5. The average molecular weight is 325 g/mol. The molecule has 0 saturated heterocycles. The van der Waals surface area contributed by atoms with E-state index < -0.39 is 6.10 Å². The quantitative estimate of drug-likeness (QED) is 0.763. The third-order valence-corrected chi connectivity index (χ3v) is 5.21. The number of hydrogen-bond acceptors (Lipinski definition) is 2. The third kappa shape index (κ3) is 2.21. The Morgan fingerprint density at radius 2 is 2.05 bits per heavy atom. The van der Waals surface area contributed by atoms with Crippen molar-refractivity contribution in [1.82, 2.24) is 0 Å². The molecule has 2 nitrogen and oxygen atoms in total. The molecule has 3 heteroatoms. The number of halogens is 1. The lowest BCUT2D eigenvalue weighted by molar-refractivity contribution is -0.0392. The van der Waals surface area contributed by atoms with Gasteiger partial charge in [0, 0.05) is 16.5 Å². The molecule has 1 saturated carbocycles. The summed E-state index contributed by atoms with van der Waals surface area (Å²) in [6.45, 7) is 6.85. The summed E-state index contributed by atoms with van der Waals surface area (Å²) in [6, 6.07) is 5.91. The number of ether oxygens (including phenoxy) is 1. The SMILES string of the molecule is CC1CC(C)(C)CC12CC(O)c1ccc(Br)cc1O2.